The molecule has 0 spiro atoms. The average Bonchev–Trinajstić information content (AvgIpc) is 2.99. The molecule has 1 heterocycles. The molecule has 0 radical (unpaired) electrons. The van der Waals surface area contributed by atoms with Crippen LogP contribution in [0.4, 0.5) is 17.2 Å². The molecule has 1 atom stereocenters. The first-order valence-corrected chi connectivity index (χ1v) is 14.2. The number of hydrogen-bond acceptors (Lipinski definition) is 7. The third-order valence-electron chi connectivity index (χ3n) is 7.52. The Morgan fingerprint density at radius 3 is 2.14 bits per heavy atom. The molecule has 43 heavy (non-hydrogen) atoms. The van der Waals surface area contributed by atoms with Gasteiger partial charge in [0.25, 0.3) is 11.5 Å². The van der Waals surface area contributed by atoms with Crippen LogP contribution in [0, 0.1) is 6.92 Å². The van der Waals surface area contributed by atoms with Gasteiger partial charge < -0.3 is 20.3 Å². The number of nitrogens with one attached hydrogen (secondary N) is 3. The van der Waals surface area contributed by atoms with Crippen molar-refractivity contribution >= 4 is 28.9 Å². The number of aryl methyl sites for hydroxylation is 1. The largest absolute Gasteiger partial charge is 0.369 e. The van der Waals surface area contributed by atoms with Gasteiger partial charge in [-0.1, -0.05) is 45.0 Å². The molecule has 4 rings (SSSR count). The van der Waals surface area contributed by atoms with Gasteiger partial charge in [-0.3, -0.25) is 19.7 Å². The minimum atomic E-state index is -1.69. The van der Waals surface area contributed by atoms with Gasteiger partial charge in [-0.2, -0.15) is 0 Å². The van der Waals surface area contributed by atoms with E-state index in [9.17, 15) is 19.5 Å². The monoisotopic (exact) mass is 581 g/mol. The quantitative estimate of drug-likeness (QED) is 0.149. The van der Waals surface area contributed by atoms with E-state index in [1.165, 1.54) is 14.0 Å². The normalized spacial score (nSPS) is 12.8. The molecule has 3 aromatic carbocycles. The number of hydrogen-bond donors (Lipinski definition) is 4. The van der Waals surface area contributed by atoms with Crippen LogP contribution >= 0.6 is 0 Å². The first-order valence-electron chi connectivity index (χ1n) is 14.2. The van der Waals surface area contributed by atoms with E-state index in [1.54, 1.807) is 35.0 Å². The van der Waals surface area contributed by atoms with Gasteiger partial charge >= 0.3 is 0 Å². The van der Waals surface area contributed by atoms with Crippen LogP contribution in [-0.2, 0) is 12.0 Å². The second-order valence-corrected chi connectivity index (χ2v) is 11.7. The molecule has 4 N–H and O–H groups in total. The van der Waals surface area contributed by atoms with Crippen molar-refractivity contribution in [3.8, 4) is 11.3 Å². The molecule has 0 fully saturated rings. The van der Waals surface area contributed by atoms with Gasteiger partial charge in [0.15, 0.2) is 11.5 Å². The number of amides is 1. The van der Waals surface area contributed by atoms with Crippen molar-refractivity contribution in [1.82, 2.24) is 14.9 Å². The summed E-state index contributed by atoms with van der Waals surface area (Å²) in [6, 6.07) is 19.6. The summed E-state index contributed by atoms with van der Waals surface area (Å²) in [5.74, 6) is -0.569. The lowest BCUT2D eigenvalue weighted by atomic mass is 9.86. The fraction of sp³-hybridized carbons (Fsp3) is 0.294. The maximum atomic E-state index is 13.2. The molecule has 0 aliphatic carbocycles. The molecular weight excluding hydrogens is 542 g/mol. The van der Waals surface area contributed by atoms with E-state index in [1.807, 2.05) is 56.3 Å². The molecule has 1 aromatic heterocycles. The van der Waals surface area contributed by atoms with Gasteiger partial charge in [-0.15, -0.1) is 0 Å². The number of benzene rings is 3. The van der Waals surface area contributed by atoms with Crippen molar-refractivity contribution in [3.05, 3.63) is 106 Å². The molecule has 9 heteroatoms. The van der Waals surface area contributed by atoms with Gasteiger partial charge in [0.1, 0.15) is 0 Å². The number of aliphatic hydroxyl groups is 1. The summed E-state index contributed by atoms with van der Waals surface area (Å²) in [6.45, 7) is 12.0. The molecule has 0 bridgehead atoms. The van der Waals surface area contributed by atoms with Crippen LogP contribution in [0.25, 0.3) is 11.3 Å². The van der Waals surface area contributed by atoms with Crippen molar-refractivity contribution in [3.63, 3.8) is 0 Å². The number of likely N-dealkylation sites (N-methyl/N-ethyl adjacent to an activating group) is 1. The zero-order chi connectivity index (χ0) is 31.5. The van der Waals surface area contributed by atoms with Gasteiger partial charge in [-0.25, -0.2) is 4.98 Å². The van der Waals surface area contributed by atoms with E-state index in [0.717, 1.165) is 16.7 Å². The molecule has 0 aliphatic heterocycles. The van der Waals surface area contributed by atoms with Crippen molar-refractivity contribution in [2.45, 2.75) is 59.2 Å². The second kappa shape index (κ2) is 12.3. The van der Waals surface area contributed by atoms with E-state index in [4.69, 9.17) is 0 Å². The Hall–Kier alpha value is -4.60. The minimum absolute atomic E-state index is 0.00741. The third-order valence-corrected chi connectivity index (χ3v) is 7.52. The summed E-state index contributed by atoms with van der Waals surface area (Å²) in [5, 5.41) is 18.9. The van der Waals surface area contributed by atoms with Crippen molar-refractivity contribution in [1.29, 1.82) is 0 Å². The van der Waals surface area contributed by atoms with Crippen LogP contribution in [0.1, 0.15) is 66.5 Å². The first kappa shape index (κ1) is 31.3. The zero-order valence-electron chi connectivity index (χ0n) is 25.7. The Labute approximate surface area is 252 Å². The maximum absolute atomic E-state index is 13.2. The summed E-state index contributed by atoms with van der Waals surface area (Å²) in [6.07, 6.45) is 1.70. The predicted molar refractivity (Wildman–Crippen MR) is 171 cm³/mol. The third kappa shape index (κ3) is 6.90. The standard InChI is InChI=1S/C34H39N5O4/c1-8-39-20-28(37-30(32(39)42)36-25-18-14-22(15-19-25)29(40)34(6,43)35-7)26-10-9-11-27(21(26)2)38-31(41)23-12-16-24(17-13-23)33(3,4)5/h9-20,35,43H,8H2,1-7H3,(H,36,37)(H,38,41). The van der Waals surface area contributed by atoms with Crippen LogP contribution in [0.2, 0.25) is 0 Å². The number of ketones is 1. The predicted octanol–water partition coefficient (Wildman–Crippen LogP) is 5.64. The van der Waals surface area contributed by atoms with Crippen LogP contribution < -0.4 is 21.5 Å². The molecule has 1 unspecified atom stereocenters. The summed E-state index contributed by atoms with van der Waals surface area (Å²) in [5.41, 5.74) is 3.36. The fourth-order valence-corrected chi connectivity index (χ4v) is 4.59. The van der Waals surface area contributed by atoms with Crippen molar-refractivity contribution in [2.24, 2.45) is 0 Å². The Bertz CT molecular complexity index is 1700. The Balaban J connectivity index is 1.62. The highest BCUT2D eigenvalue weighted by Crippen LogP contribution is 2.29. The number of anilines is 3. The number of carbonyl (C=O) groups is 2. The average molecular weight is 582 g/mol. The lowest BCUT2D eigenvalue weighted by Gasteiger charge is -2.20. The Kier molecular flexibility index (Phi) is 8.98. The number of Topliss-reactive ketones (excluding diaryl/α,β-unsaturated/α-hetero) is 1. The molecule has 1 amide bonds. The number of carbonyl (C=O) groups excluding carboxylic acids is 2. The number of rotatable bonds is 9. The van der Waals surface area contributed by atoms with Gasteiger partial charge in [0.05, 0.1) is 5.69 Å². The zero-order valence-corrected chi connectivity index (χ0v) is 25.7. The summed E-state index contributed by atoms with van der Waals surface area (Å²) in [4.78, 5) is 43.4. The summed E-state index contributed by atoms with van der Waals surface area (Å²) in [7, 11) is 1.50. The van der Waals surface area contributed by atoms with Gasteiger partial charge in [0.2, 0.25) is 5.78 Å². The van der Waals surface area contributed by atoms with Crippen LogP contribution in [0.15, 0.2) is 77.7 Å². The highest BCUT2D eigenvalue weighted by molar-refractivity contribution is 6.05. The minimum Gasteiger partial charge on any atom is -0.369 e. The van der Waals surface area contributed by atoms with Gasteiger partial charge in [0, 0.05) is 40.8 Å². The Morgan fingerprint density at radius 1 is 0.930 bits per heavy atom. The first-order chi connectivity index (χ1) is 20.2. The number of nitrogens with zero attached hydrogens (tertiary/aromatic N) is 2. The van der Waals surface area contributed by atoms with Crippen molar-refractivity contribution in [2.75, 3.05) is 17.7 Å². The fourth-order valence-electron chi connectivity index (χ4n) is 4.59. The highest BCUT2D eigenvalue weighted by atomic mass is 16.3. The van der Waals surface area contributed by atoms with E-state index in [0.29, 0.717) is 34.7 Å². The molecule has 0 aliphatic rings. The van der Waals surface area contributed by atoms with E-state index < -0.39 is 11.5 Å². The lowest BCUT2D eigenvalue weighted by Crippen LogP contribution is -2.47. The summed E-state index contributed by atoms with van der Waals surface area (Å²) < 4.78 is 1.56. The highest BCUT2D eigenvalue weighted by Gasteiger charge is 2.29. The van der Waals surface area contributed by atoms with Crippen molar-refractivity contribution < 1.29 is 14.7 Å². The molecular formula is C34H39N5O4. The molecule has 9 nitrogen and oxygen atoms in total. The maximum Gasteiger partial charge on any atom is 0.293 e. The van der Waals surface area contributed by atoms with Gasteiger partial charge in [-0.05, 0) is 86.8 Å². The molecule has 4 aromatic rings. The second-order valence-electron chi connectivity index (χ2n) is 11.7. The molecule has 0 saturated carbocycles. The smallest absolute Gasteiger partial charge is 0.293 e. The van der Waals surface area contributed by atoms with E-state index in [2.05, 4.69) is 41.7 Å². The van der Waals surface area contributed by atoms with Crippen LogP contribution in [0.5, 0.6) is 0 Å². The number of aromatic nitrogens is 2. The Morgan fingerprint density at radius 2 is 1.56 bits per heavy atom. The van der Waals surface area contributed by atoms with E-state index in [-0.39, 0.29) is 22.7 Å². The molecule has 224 valence electrons. The molecule has 0 saturated heterocycles. The SMILES string of the molecule is CCn1cc(-c2cccc(NC(=O)c3ccc(C(C)(C)C)cc3)c2C)nc(Nc2ccc(C(=O)C(C)(O)NC)cc2)c1=O. The lowest BCUT2D eigenvalue weighted by molar-refractivity contribution is 0.0276. The topological polar surface area (TPSA) is 125 Å². The summed E-state index contributed by atoms with van der Waals surface area (Å²) >= 11 is 0. The van der Waals surface area contributed by atoms with Crippen LogP contribution in [0.3, 0.4) is 0 Å². The van der Waals surface area contributed by atoms with Crippen LogP contribution in [-0.4, -0.2) is 39.1 Å². The van der Waals surface area contributed by atoms with E-state index >= 15 is 0 Å².